The van der Waals surface area contributed by atoms with Crippen molar-refractivity contribution in [2.45, 2.75) is 44.3 Å². The smallest absolute Gasteiger partial charge is 0.264 e. The maximum atomic E-state index is 12.4. The predicted octanol–water partition coefficient (Wildman–Crippen LogP) is 5.11. The quantitative estimate of drug-likeness (QED) is 0.388. The van der Waals surface area contributed by atoms with Gasteiger partial charge in [-0.25, -0.2) is 0 Å². The first kappa shape index (κ1) is 28.3. The van der Waals surface area contributed by atoms with Crippen molar-refractivity contribution in [2.24, 2.45) is 0 Å². The highest BCUT2D eigenvalue weighted by Gasteiger charge is 2.32. The lowest BCUT2D eigenvalue weighted by Gasteiger charge is -2.43. The van der Waals surface area contributed by atoms with Gasteiger partial charge in [0.2, 0.25) is 0 Å². The number of piperazine rings is 1. The summed E-state index contributed by atoms with van der Waals surface area (Å²) in [5.41, 5.74) is 4.79. The summed E-state index contributed by atoms with van der Waals surface area (Å²) in [7, 11) is 2.16. The monoisotopic (exact) mass is 584 g/mol. The van der Waals surface area contributed by atoms with E-state index in [9.17, 15) is 10.1 Å². The minimum absolute atomic E-state index is 0.234. The molecule has 6 rings (SSSR count). The number of hydrogen-bond donors (Lipinski definition) is 1. The molecule has 3 aromatic rings. The highest BCUT2D eigenvalue weighted by atomic mass is 35.5. The maximum Gasteiger partial charge on any atom is 0.264 e. The zero-order valence-corrected chi connectivity index (χ0v) is 24.8. The summed E-state index contributed by atoms with van der Waals surface area (Å²) in [5.74, 6) is 0.524. The molecule has 2 saturated heterocycles. The molecule has 3 aliphatic rings. The zero-order valence-electron chi connectivity index (χ0n) is 24.1. The van der Waals surface area contributed by atoms with E-state index in [0.29, 0.717) is 32.3 Å². The number of carbonyl (C=O) groups excluding carboxylic acids is 1. The number of hydrogen-bond acceptors (Lipinski definition) is 7. The fourth-order valence-corrected chi connectivity index (χ4v) is 7.15. The van der Waals surface area contributed by atoms with E-state index in [1.54, 1.807) is 4.90 Å². The molecule has 1 amide bonds. The third kappa shape index (κ3) is 5.51. The van der Waals surface area contributed by atoms with Gasteiger partial charge in [-0.05, 0) is 67.6 Å². The first-order chi connectivity index (χ1) is 20.5. The molecule has 8 nitrogen and oxygen atoms in total. The number of rotatable bonds is 7. The minimum Gasteiger partial charge on any atom is -0.492 e. The summed E-state index contributed by atoms with van der Waals surface area (Å²) in [6.07, 6.45) is 4.28. The Balaban J connectivity index is 1.34. The number of amides is 1. The van der Waals surface area contributed by atoms with Crippen molar-refractivity contribution in [1.82, 2.24) is 9.80 Å². The Kier molecular flexibility index (Phi) is 8.23. The molecule has 3 aromatic carbocycles. The fraction of sp³-hybridized carbons (Fsp3) is 0.424. The third-order valence-corrected chi connectivity index (χ3v) is 9.44. The molecular weight excluding hydrogens is 548 g/mol. The lowest BCUT2D eigenvalue weighted by atomic mass is 9.94. The molecule has 3 aliphatic heterocycles. The Labute approximate surface area is 252 Å². The Morgan fingerprint density at radius 3 is 2.69 bits per heavy atom. The molecule has 9 heteroatoms. The molecule has 0 bridgehead atoms. The molecule has 218 valence electrons. The van der Waals surface area contributed by atoms with E-state index in [0.717, 1.165) is 71.6 Å². The highest BCUT2D eigenvalue weighted by Crippen LogP contribution is 2.39. The first-order valence-corrected chi connectivity index (χ1v) is 15.2. The van der Waals surface area contributed by atoms with Gasteiger partial charge in [-0.15, -0.1) is 0 Å². The number of anilines is 2. The molecule has 3 heterocycles. The summed E-state index contributed by atoms with van der Waals surface area (Å²) >= 11 is 6.71. The largest absolute Gasteiger partial charge is 0.492 e. The number of likely N-dealkylation sites (N-methyl/N-ethyl adjacent to an activating group) is 1. The van der Waals surface area contributed by atoms with Gasteiger partial charge < -0.3 is 29.7 Å². The number of carbonyl (C=O) groups is 1. The standard InChI is InChI=1S/C33H37ClN6O2/c1-37-13-4-7-26(37)22-42-27-17-24-20-38(30-9-3-6-23-5-2-8-29(34)33(23)30)14-11-28(24)31(18-27)39-15-16-40(32(41)19-36)25(21-39)10-12-35/h2-3,5-6,8-9,17-19,25-26,36H,4,7,10-11,13-16,20-22H2,1H3. The lowest BCUT2D eigenvalue weighted by Crippen LogP contribution is -2.55. The van der Waals surface area contributed by atoms with Crippen LogP contribution in [0.15, 0.2) is 48.5 Å². The number of nitrogens with zero attached hydrogens (tertiary/aromatic N) is 5. The van der Waals surface area contributed by atoms with E-state index >= 15 is 0 Å². The van der Waals surface area contributed by atoms with E-state index in [1.807, 2.05) is 12.1 Å². The third-order valence-electron chi connectivity index (χ3n) is 9.13. The molecule has 1 N–H and O–H groups in total. The van der Waals surface area contributed by atoms with Gasteiger partial charge in [0.25, 0.3) is 5.91 Å². The van der Waals surface area contributed by atoms with Gasteiger partial charge >= 0.3 is 0 Å². The SMILES string of the molecule is CN1CCCC1COc1cc2c(c(N3CCN(C(=O)C=N)C(CC#N)C3)c1)CCN(c1cccc3cccc(Cl)c13)C2. The Morgan fingerprint density at radius 2 is 1.93 bits per heavy atom. The topological polar surface area (TPSA) is 86.9 Å². The van der Waals surface area contributed by atoms with Crippen LogP contribution in [0.1, 0.15) is 30.4 Å². The van der Waals surface area contributed by atoms with Crippen LogP contribution < -0.4 is 14.5 Å². The van der Waals surface area contributed by atoms with Gasteiger partial charge in [0.05, 0.1) is 29.8 Å². The van der Waals surface area contributed by atoms with Gasteiger partial charge in [0.1, 0.15) is 12.4 Å². The Morgan fingerprint density at radius 1 is 1.10 bits per heavy atom. The van der Waals surface area contributed by atoms with Crippen molar-refractivity contribution in [2.75, 3.05) is 56.2 Å². The van der Waals surface area contributed by atoms with Crippen LogP contribution in [0.2, 0.25) is 5.02 Å². The van der Waals surface area contributed by atoms with E-state index in [2.05, 4.69) is 64.2 Å². The predicted molar refractivity (Wildman–Crippen MR) is 168 cm³/mol. The number of nitriles is 1. The van der Waals surface area contributed by atoms with Crippen molar-refractivity contribution >= 4 is 45.9 Å². The lowest BCUT2D eigenvalue weighted by molar-refractivity contribution is -0.126. The first-order valence-electron chi connectivity index (χ1n) is 14.8. The van der Waals surface area contributed by atoms with Gasteiger partial charge in [-0.3, -0.25) is 4.79 Å². The number of halogens is 1. The van der Waals surface area contributed by atoms with Crippen molar-refractivity contribution in [3.63, 3.8) is 0 Å². The average molecular weight is 585 g/mol. The summed E-state index contributed by atoms with van der Waals surface area (Å²) in [4.78, 5) is 21.2. The summed E-state index contributed by atoms with van der Waals surface area (Å²) in [6.45, 7) is 5.02. The molecule has 0 aromatic heterocycles. The molecule has 0 radical (unpaired) electrons. The molecule has 0 saturated carbocycles. The van der Waals surface area contributed by atoms with Gasteiger partial charge in [-0.2, -0.15) is 5.26 Å². The molecule has 42 heavy (non-hydrogen) atoms. The van der Waals surface area contributed by atoms with Crippen molar-refractivity contribution in [3.8, 4) is 11.8 Å². The number of likely N-dealkylation sites (tertiary alicyclic amines) is 1. The van der Waals surface area contributed by atoms with E-state index < -0.39 is 0 Å². The molecule has 2 unspecified atom stereocenters. The highest BCUT2D eigenvalue weighted by molar-refractivity contribution is 6.36. The minimum atomic E-state index is -0.334. The second-order valence-electron chi connectivity index (χ2n) is 11.6. The van der Waals surface area contributed by atoms with Crippen LogP contribution in [0.4, 0.5) is 11.4 Å². The molecular formula is C33H37ClN6O2. The number of nitrogens with one attached hydrogen (secondary N) is 1. The molecule has 2 fully saturated rings. The normalized spacial score (nSPS) is 20.8. The summed E-state index contributed by atoms with van der Waals surface area (Å²) in [5, 5.41) is 19.9. The number of benzene rings is 3. The second kappa shape index (κ2) is 12.2. The maximum absolute atomic E-state index is 12.4. The molecule has 0 aliphatic carbocycles. The van der Waals surface area contributed by atoms with Crippen LogP contribution >= 0.6 is 11.6 Å². The van der Waals surface area contributed by atoms with Crippen molar-refractivity contribution in [3.05, 3.63) is 64.7 Å². The van der Waals surface area contributed by atoms with E-state index in [1.165, 1.54) is 17.5 Å². The fourth-order valence-electron chi connectivity index (χ4n) is 6.87. The Hall–Kier alpha value is -3.80. The number of ether oxygens (including phenoxy) is 1. The van der Waals surface area contributed by atoms with Gasteiger partial charge in [0.15, 0.2) is 0 Å². The van der Waals surface area contributed by atoms with Gasteiger partial charge in [-0.1, -0.05) is 35.9 Å². The van der Waals surface area contributed by atoms with Crippen LogP contribution in [-0.2, 0) is 17.8 Å². The Bertz CT molecular complexity index is 1530. The van der Waals surface area contributed by atoms with Crippen LogP contribution in [-0.4, -0.2) is 80.4 Å². The molecule has 0 spiro atoms. The zero-order chi connectivity index (χ0) is 29.2. The average Bonchev–Trinajstić information content (AvgIpc) is 3.43. The van der Waals surface area contributed by atoms with Crippen LogP contribution in [0.3, 0.4) is 0 Å². The van der Waals surface area contributed by atoms with Gasteiger partial charge in [0, 0.05) is 61.6 Å². The van der Waals surface area contributed by atoms with Crippen LogP contribution in [0.25, 0.3) is 10.8 Å². The molecule has 2 atom stereocenters. The second-order valence-corrected chi connectivity index (χ2v) is 12.0. The summed E-state index contributed by atoms with van der Waals surface area (Å²) in [6, 6.07) is 19.2. The van der Waals surface area contributed by atoms with E-state index in [4.69, 9.17) is 21.7 Å². The van der Waals surface area contributed by atoms with Crippen molar-refractivity contribution < 1.29 is 9.53 Å². The van der Waals surface area contributed by atoms with Crippen LogP contribution in [0.5, 0.6) is 5.75 Å². The van der Waals surface area contributed by atoms with Crippen molar-refractivity contribution in [1.29, 1.82) is 10.7 Å². The van der Waals surface area contributed by atoms with E-state index in [-0.39, 0.29) is 18.4 Å². The summed E-state index contributed by atoms with van der Waals surface area (Å²) < 4.78 is 6.48. The number of fused-ring (bicyclic) bond motifs is 2. The van der Waals surface area contributed by atoms with Crippen LogP contribution in [0, 0.1) is 16.7 Å².